The first kappa shape index (κ1) is 18.7. The van der Waals surface area contributed by atoms with Crippen LogP contribution in [0.5, 0.6) is 0 Å². The molecule has 1 saturated heterocycles. The summed E-state index contributed by atoms with van der Waals surface area (Å²) in [6.07, 6.45) is 9.16. The van der Waals surface area contributed by atoms with Crippen LogP contribution in [0.1, 0.15) is 43.0 Å². The number of hydrogen-bond acceptors (Lipinski definition) is 7. The van der Waals surface area contributed by atoms with E-state index in [1.54, 1.807) is 17.2 Å². The molecule has 1 amide bonds. The first-order valence-corrected chi connectivity index (χ1v) is 10.4. The van der Waals surface area contributed by atoms with Gasteiger partial charge < -0.3 is 10.2 Å². The molecule has 3 aromatic heterocycles. The standard InChI is InChI=1S/C21H24N8O/c30-21(22-13-17-12-18(15-2-3-15)24-14-23-17)16-6-10-28(11-7-16)19-4-5-20(27-26-19)29-9-1-8-25-29/h1,4-5,8-9,12,14-16H,2-3,6-7,10-11,13H2,(H,22,30). The highest BCUT2D eigenvalue weighted by Crippen LogP contribution is 2.38. The molecule has 0 unspecified atom stereocenters. The Hall–Kier alpha value is -3.36. The molecule has 3 aromatic rings. The fraction of sp³-hybridized carbons (Fsp3) is 0.429. The molecule has 0 aromatic carbocycles. The Kier molecular flexibility index (Phi) is 5.08. The number of anilines is 1. The van der Waals surface area contributed by atoms with Gasteiger partial charge in [0.2, 0.25) is 5.91 Å². The molecule has 5 rings (SSSR count). The molecule has 9 nitrogen and oxygen atoms in total. The van der Waals surface area contributed by atoms with Gasteiger partial charge in [-0.3, -0.25) is 4.79 Å². The third kappa shape index (κ3) is 4.14. The summed E-state index contributed by atoms with van der Waals surface area (Å²) >= 11 is 0. The van der Waals surface area contributed by atoms with Crippen LogP contribution in [0.2, 0.25) is 0 Å². The summed E-state index contributed by atoms with van der Waals surface area (Å²) in [5.41, 5.74) is 1.98. The maximum absolute atomic E-state index is 12.6. The van der Waals surface area contributed by atoms with Crippen molar-refractivity contribution >= 4 is 11.7 Å². The highest BCUT2D eigenvalue weighted by atomic mass is 16.1. The normalized spacial score (nSPS) is 17.1. The molecule has 2 fully saturated rings. The van der Waals surface area contributed by atoms with Crippen molar-refractivity contribution in [1.29, 1.82) is 0 Å². The summed E-state index contributed by atoms with van der Waals surface area (Å²) < 4.78 is 1.68. The second kappa shape index (κ2) is 8.17. The first-order valence-electron chi connectivity index (χ1n) is 10.4. The molecule has 0 bridgehead atoms. The molecular formula is C21H24N8O. The van der Waals surface area contributed by atoms with Gasteiger partial charge in [0.1, 0.15) is 6.33 Å². The molecule has 0 spiro atoms. The van der Waals surface area contributed by atoms with Crippen LogP contribution < -0.4 is 10.2 Å². The minimum absolute atomic E-state index is 0.0160. The van der Waals surface area contributed by atoms with Gasteiger partial charge in [-0.1, -0.05) is 0 Å². The third-order valence-electron chi connectivity index (χ3n) is 5.75. The zero-order chi connectivity index (χ0) is 20.3. The second-order valence-electron chi connectivity index (χ2n) is 7.89. The van der Waals surface area contributed by atoms with E-state index in [1.165, 1.54) is 12.8 Å². The number of piperidine rings is 1. The fourth-order valence-corrected chi connectivity index (χ4v) is 3.82. The van der Waals surface area contributed by atoms with E-state index in [-0.39, 0.29) is 11.8 Å². The van der Waals surface area contributed by atoms with Crippen LogP contribution in [0.4, 0.5) is 5.82 Å². The molecule has 1 aliphatic heterocycles. The number of carbonyl (C=O) groups is 1. The molecule has 154 valence electrons. The lowest BCUT2D eigenvalue weighted by atomic mass is 9.96. The Morgan fingerprint density at radius 1 is 1.07 bits per heavy atom. The number of carbonyl (C=O) groups excluding carboxylic acids is 1. The van der Waals surface area contributed by atoms with Gasteiger partial charge in [-0.15, -0.1) is 10.2 Å². The molecule has 9 heteroatoms. The summed E-state index contributed by atoms with van der Waals surface area (Å²) in [5, 5.41) is 15.8. The maximum Gasteiger partial charge on any atom is 0.223 e. The van der Waals surface area contributed by atoms with Crippen LogP contribution in [0.3, 0.4) is 0 Å². The molecule has 0 atom stereocenters. The number of nitrogens with one attached hydrogen (secondary N) is 1. The Balaban J connectivity index is 1.12. The Morgan fingerprint density at radius 2 is 1.87 bits per heavy atom. The van der Waals surface area contributed by atoms with Crippen molar-refractivity contribution in [2.75, 3.05) is 18.0 Å². The Labute approximate surface area is 174 Å². The van der Waals surface area contributed by atoms with Crippen LogP contribution in [-0.2, 0) is 11.3 Å². The quantitative estimate of drug-likeness (QED) is 0.669. The van der Waals surface area contributed by atoms with E-state index in [0.29, 0.717) is 18.3 Å². The summed E-state index contributed by atoms with van der Waals surface area (Å²) in [6, 6.07) is 7.73. The molecule has 0 radical (unpaired) electrons. The number of rotatable bonds is 6. The van der Waals surface area contributed by atoms with Crippen molar-refractivity contribution in [3.8, 4) is 5.82 Å². The van der Waals surface area contributed by atoms with Gasteiger partial charge in [0.15, 0.2) is 11.6 Å². The molecule has 2 aliphatic rings. The third-order valence-corrected chi connectivity index (χ3v) is 5.75. The van der Waals surface area contributed by atoms with Crippen molar-refractivity contribution in [3.05, 3.63) is 54.4 Å². The zero-order valence-corrected chi connectivity index (χ0v) is 16.7. The summed E-state index contributed by atoms with van der Waals surface area (Å²) in [5.74, 6) is 2.22. The van der Waals surface area contributed by atoms with E-state index in [1.807, 2.05) is 30.5 Å². The molecule has 1 saturated carbocycles. The van der Waals surface area contributed by atoms with Crippen molar-refractivity contribution in [3.63, 3.8) is 0 Å². The lowest BCUT2D eigenvalue weighted by molar-refractivity contribution is -0.125. The van der Waals surface area contributed by atoms with Crippen molar-refractivity contribution in [1.82, 2.24) is 35.3 Å². The van der Waals surface area contributed by atoms with Gasteiger partial charge in [0, 0.05) is 43.0 Å². The number of aromatic nitrogens is 6. The largest absolute Gasteiger partial charge is 0.355 e. The molecule has 1 N–H and O–H groups in total. The predicted molar refractivity (Wildman–Crippen MR) is 110 cm³/mol. The Morgan fingerprint density at radius 3 is 2.57 bits per heavy atom. The SMILES string of the molecule is O=C(NCc1cc(C2CC2)ncn1)C1CCN(c2ccc(-n3cccn3)nn2)CC1. The summed E-state index contributed by atoms with van der Waals surface area (Å²) in [4.78, 5) is 23.4. The average molecular weight is 404 g/mol. The molecule has 30 heavy (non-hydrogen) atoms. The minimum Gasteiger partial charge on any atom is -0.355 e. The van der Waals surface area contributed by atoms with Gasteiger partial charge in [0.05, 0.1) is 12.2 Å². The highest BCUT2D eigenvalue weighted by molar-refractivity contribution is 5.78. The summed E-state index contributed by atoms with van der Waals surface area (Å²) in [6.45, 7) is 2.03. The van der Waals surface area contributed by atoms with Crippen molar-refractivity contribution in [2.24, 2.45) is 5.92 Å². The smallest absolute Gasteiger partial charge is 0.223 e. The number of hydrogen-bond donors (Lipinski definition) is 1. The van der Waals surface area contributed by atoms with Crippen LogP contribution in [0, 0.1) is 5.92 Å². The van der Waals surface area contributed by atoms with Crippen LogP contribution in [0.25, 0.3) is 5.82 Å². The summed E-state index contributed by atoms with van der Waals surface area (Å²) in [7, 11) is 0. The lowest BCUT2D eigenvalue weighted by Crippen LogP contribution is -2.40. The monoisotopic (exact) mass is 404 g/mol. The van der Waals surface area contributed by atoms with Gasteiger partial charge in [-0.05, 0) is 49.9 Å². The number of nitrogens with zero attached hydrogens (tertiary/aromatic N) is 7. The van der Waals surface area contributed by atoms with Gasteiger partial charge in [0.25, 0.3) is 0 Å². The second-order valence-corrected chi connectivity index (χ2v) is 7.89. The van der Waals surface area contributed by atoms with Crippen LogP contribution in [0.15, 0.2) is 43.0 Å². The predicted octanol–water partition coefficient (Wildman–Crippen LogP) is 1.86. The van der Waals surface area contributed by atoms with E-state index in [2.05, 4.69) is 35.5 Å². The van der Waals surface area contributed by atoms with E-state index in [9.17, 15) is 4.79 Å². The maximum atomic E-state index is 12.6. The van der Waals surface area contributed by atoms with Gasteiger partial charge >= 0.3 is 0 Å². The van der Waals surface area contributed by atoms with Crippen LogP contribution >= 0.6 is 0 Å². The van der Waals surface area contributed by atoms with Crippen LogP contribution in [-0.4, -0.2) is 48.9 Å². The minimum atomic E-state index is 0.0160. The lowest BCUT2D eigenvalue weighted by Gasteiger charge is -2.31. The molecule has 1 aliphatic carbocycles. The average Bonchev–Trinajstić information content (AvgIpc) is 3.52. The number of amides is 1. The molecular weight excluding hydrogens is 380 g/mol. The van der Waals surface area contributed by atoms with Gasteiger partial charge in [-0.2, -0.15) is 5.10 Å². The Bertz CT molecular complexity index is 992. The fourth-order valence-electron chi connectivity index (χ4n) is 3.82. The van der Waals surface area contributed by atoms with Crippen molar-refractivity contribution < 1.29 is 4.79 Å². The van der Waals surface area contributed by atoms with E-state index in [4.69, 9.17) is 0 Å². The van der Waals surface area contributed by atoms with E-state index in [0.717, 1.165) is 43.1 Å². The zero-order valence-electron chi connectivity index (χ0n) is 16.7. The topological polar surface area (TPSA) is 102 Å². The van der Waals surface area contributed by atoms with Gasteiger partial charge in [-0.25, -0.2) is 14.6 Å². The highest BCUT2D eigenvalue weighted by Gasteiger charge is 2.27. The molecule has 4 heterocycles. The first-order chi connectivity index (χ1) is 14.8. The van der Waals surface area contributed by atoms with E-state index < -0.39 is 0 Å². The van der Waals surface area contributed by atoms with E-state index >= 15 is 0 Å². The van der Waals surface area contributed by atoms with Crippen molar-refractivity contribution in [2.45, 2.75) is 38.1 Å².